The molecule has 0 N–H and O–H groups in total. The maximum absolute atomic E-state index is 12.3. The first-order valence-corrected chi connectivity index (χ1v) is 8.29. The van der Waals surface area contributed by atoms with Crippen LogP contribution >= 0.6 is 23.2 Å². The molecule has 0 aromatic heterocycles. The number of likely N-dealkylation sites (N-methyl/N-ethyl adjacent to an activating group) is 1. The molecule has 0 saturated carbocycles. The Bertz CT molecular complexity index is 790. The quantitative estimate of drug-likeness (QED) is 0.683. The third-order valence-electron chi connectivity index (χ3n) is 3.64. The summed E-state index contributed by atoms with van der Waals surface area (Å²) in [5.74, 6) is 1.17. The van der Waals surface area contributed by atoms with Crippen molar-refractivity contribution in [3.05, 3.63) is 63.6 Å². The van der Waals surface area contributed by atoms with Gasteiger partial charge in [-0.25, -0.2) is 0 Å². The Kier molecular flexibility index (Phi) is 6.73. The van der Waals surface area contributed by atoms with E-state index in [2.05, 4.69) is 0 Å². The maximum Gasteiger partial charge on any atom is 0.246 e. The van der Waals surface area contributed by atoms with Crippen molar-refractivity contribution in [1.82, 2.24) is 4.90 Å². The molecule has 0 fully saturated rings. The van der Waals surface area contributed by atoms with Gasteiger partial charge in [-0.15, -0.1) is 0 Å². The minimum Gasteiger partial charge on any atom is -0.497 e. The number of halogens is 2. The second-order valence-electron chi connectivity index (χ2n) is 5.37. The van der Waals surface area contributed by atoms with Crippen LogP contribution in [-0.2, 0) is 11.3 Å². The summed E-state index contributed by atoms with van der Waals surface area (Å²) in [4.78, 5) is 13.9. The molecule has 0 aliphatic heterocycles. The van der Waals surface area contributed by atoms with Crippen LogP contribution in [0.25, 0.3) is 6.08 Å². The molecule has 4 nitrogen and oxygen atoms in total. The van der Waals surface area contributed by atoms with Crippen molar-refractivity contribution < 1.29 is 14.3 Å². The lowest BCUT2D eigenvalue weighted by Crippen LogP contribution is -2.24. The van der Waals surface area contributed by atoms with Crippen LogP contribution in [0.1, 0.15) is 11.1 Å². The van der Waals surface area contributed by atoms with Gasteiger partial charge >= 0.3 is 0 Å². The molecule has 6 heteroatoms. The predicted octanol–water partition coefficient (Wildman–Crippen LogP) is 4.68. The van der Waals surface area contributed by atoms with Gasteiger partial charge in [0.2, 0.25) is 5.91 Å². The van der Waals surface area contributed by atoms with Gasteiger partial charge in [0.1, 0.15) is 11.5 Å². The Morgan fingerprint density at radius 3 is 2.52 bits per heavy atom. The van der Waals surface area contributed by atoms with E-state index in [1.54, 1.807) is 50.4 Å². The molecule has 0 bridgehead atoms. The first-order valence-electron chi connectivity index (χ1n) is 7.53. The second kappa shape index (κ2) is 8.79. The molecule has 2 aromatic rings. The SMILES string of the molecule is COc1ccc(/C=C/C(=O)N(C)Cc2ccc(Cl)cc2Cl)c(OC)c1. The first-order chi connectivity index (χ1) is 11.9. The van der Waals surface area contributed by atoms with Crippen molar-refractivity contribution in [2.45, 2.75) is 6.54 Å². The molecule has 0 radical (unpaired) electrons. The Morgan fingerprint density at radius 1 is 1.12 bits per heavy atom. The van der Waals surface area contributed by atoms with Crippen molar-refractivity contribution in [1.29, 1.82) is 0 Å². The number of hydrogen-bond donors (Lipinski definition) is 0. The average Bonchev–Trinajstić information content (AvgIpc) is 2.61. The van der Waals surface area contributed by atoms with Crippen LogP contribution in [0.4, 0.5) is 0 Å². The number of amides is 1. The number of nitrogens with zero attached hydrogens (tertiary/aromatic N) is 1. The van der Waals surface area contributed by atoms with Gasteiger partial charge in [-0.3, -0.25) is 4.79 Å². The average molecular weight is 380 g/mol. The summed E-state index contributed by atoms with van der Waals surface area (Å²) >= 11 is 12.0. The van der Waals surface area contributed by atoms with Crippen LogP contribution in [0.15, 0.2) is 42.5 Å². The smallest absolute Gasteiger partial charge is 0.246 e. The molecule has 2 aromatic carbocycles. The lowest BCUT2D eigenvalue weighted by molar-refractivity contribution is -0.125. The van der Waals surface area contributed by atoms with Gasteiger partial charge in [-0.1, -0.05) is 29.3 Å². The fourth-order valence-electron chi connectivity index (χ4n) is 2.23. The van der Waals surface area contributed by atoms with Crippen LogP contribution < -0.4 is 9.47 Å². The number of hydrogen-bond acceptors (Lipinski definition) is 3. The molecule has 0 atom stereocenters. The Morgan fingerprint density at radius 2 is 1.88 bits per heavy atom. The zero-order valence-electron chi connectivity index (χ0n) is 14.3. The fourth-order valence-corrected chi connectivity index (χ4v) is 2.70. The molecule has 25 heavy (non-hydrogen) atoms. The third-order valence-corrected chi connectivity index (χ3v) is 4.23. The van der Waals surface area contributed by atoms with E-state index in [-0.39, 0.29) is 5.91 Å². The summed E-state index contributed by atoms with van der Waals surface area (Å²) in [6.07, 6.45) is 3.20. The minimum absolute atomic E-state index is 0.149. The zero-order valence-corrected chi connectivity index (χ0v) is 15.8. The summed E-state index contributed by atoms with van der Waals surface area (Å²) in [6, 6.07) is 10.6. The van der Waals surface area contributed by atoms with Gasteiger partial charge < -0.3 is 14.4 Å². The van der Waals surface area contributed by atoms with Gasteiger partial charge in [0.05, 0.1) is 14.2 Å². The van der Waals surface area contributed by atoms with Crippen LogP contribution in [0.5, 0.6) is 11.5 Å². The third kappa shape index (κ3) is 5.15. The lowest BCUT2D eigenvalue weighted by atomic mass is 10.1. The molecule has 1 amide bonds. The Hall–Kier alpha value is -2.17. The Balaban J connectivity index is 2.09. The topological polar surface area (TPSA) is 38.8 Å². The molecular weight excluding hydrogens is 361 g/mol. The minimum atomic E-state index is -0.149. The highest BCUT2D eigenvalue weighted by Crippen LogP contribution is 2.26. The highest BCUT2D eigenvalue weighted by atomic mass is 35.5. The van der Waals surface area contributed by atoms with Crippen molar-refractivity contribution in [2.24, 2.45) is 0 Å². The van der Waals surface area contributed by atoms with Crippen molar-refractivity contribution in [3.63, 3.8) is 0 Å². The van der Waals surface area contributed by atoms with Gasteiger partial charge in [-0.2, -0.15) is 0 Å². The van der Waals surface area contributed by atoms with Crippen LogP contribution in [0.3, 0.4) is 0 Å². The summed E-state index contributed by atoms with van der Waals surface area (Å²) in [7, 11) is 4.87. The second-order valence-corrected chi connectivity index (χ2v) is 6.21. The molecule has 0 heterocycles. The highest BCUT2D eigenvalue weighted by Gasteiger charge is 2.10. The lowest BCUT2D eigenvalue weighted by Gasteiger charge is -2.16. The van der Waals surface area contributed by atoms with Crippen molar-refractivity contribution in [3.8, 4) is 11.5 Å². The van der Waals surface area contributed by atoms with E-state index in [4.69, 9.17) is 32.7 Å². The summed E-state index contributed by atoms with van der Waals surface area (Å²) in [6.45, 7) is 0.388. The van der Waals surface area contributed by atoms with E-state index in [9.17, 15) is 4.79 Å². The summed E-state index contributed by atoms with van der Waals surface area (Å²) in [5.41, 5.74) is 1.62. The number of rotatable bonds is 6. The number of benzene rings is 2. The zero-order chi connectivity index (χ0) is 18.4. The molecular formula is C19H19Cl2NO3. The van der Waals surface area contributed by atoms with E-state index >= 15 is 0 Å². The van der Waals surface area contributed by atoms with Crippen molar-refractivity contribution in [2.75, 3.05) is 21.3 Å². The van der Waals surface area contributed by atoms with Gasteiger partial charge in [0.25, 0.3) is 0 Å². The number of methoxy groups -OCH3 is 2. The number of ether oxygens (including phenoxy) is 2. The largest absolute Gasteiger partial charge is 0.497 e. The van der Waals surface area contributed by atoms with Crippen molar-refractivity contribution >= 4 is 35.2 Å². The van der Waals surface area contributed by atoms with Gasteiger partial charge in [-0.05, 0) is 35.9 Å². The number of carbonyl (C=O) groups excluding carboxylic acids is 1. The molecule has 0 saturated heterocycles. The van der Waals surface area contributed by atoms with E-state index in [1.807, 2.05) is 18.2 Å². The predicted molar refractivity (Wildman–Crippen MR) is 102 cm³/mol. The fraction of sp³-hybridized carbons (Fsp3) is 0.211. The Labute approximate surface area is 157 Å². The van der Waals surface area contributed by atoms with Crippen LogP contribution in [0, 0.1) is 0 Å². The maximum atomic E-state index is 12.3. The van der Waals surface area contributed by atoms with E-state index < -0.39 is 0 Å². The van der Waals surface area contributed by atoms with E-state index in [1.165, 1.54) is 6.08 Å². The van der Waals surface area contributed by atoms with Crippen LogP contribution in [0.2, 0.25) is 10.0 Å². The monoisotopic (exact) mass is 379 g/mol. The van der Waals surface area contributed by atoms with E-state index in [0.717, 1.165) is 11.1 Å². The molecule has 0 unspecified atom stereocenters. The van der Waals surface area contributed by atoms with Crippen LogP contribution in [-0.4, -0.2) is 32.1 Å². The molecule has 132 valence electrons. The first kappa shape index (κ1) is 19.2. The van der Waals surface area contributed by atoms with E-state index in [0.29, 0.717) is 28.1 Å². The number of carbonyl (C=O) groups is 1. The summed E-state index contributed by atoms with van der Waals surface area (Å²) in [5, 5.41) is 1.10. The summed E-state index contributed by atoms with van der Waals surface area (Å²) < 4.78 is 10.5. The standard InChI is InChI=1S/C19H19Cl2NO3/c1-22(12-14-4-7-15(20)10-17(14)21)19(23)9-6-13-5-8-16(24-2)11-18(13)25-3/h4-11H,12H2,1-3H3/b9-6+. The molecule has 2 rings (SSSR count). The molecule has 0 spiro atoms. The highest BCUT2D eigenvalue weighted by molar-refractivity contribution is 6.35. The van der Waals surface area contributed by atoms with Gasteiger partial charge in [0, 0.05) is 41.3 Å². The normalized spacial score (nSPS) is 10.8. The molecule has 0 aliphatic rings. The van der Waals surface area contributed by atoms with Gasteiger partial charge in [0.15, 0.2) is 0 Å². The molecule has 0 aliphatic carbocycles.